The van der Waals surface area contributed by atoms with Crippen molar-refractivity contribution in [1.29, 1.82) is 0 Å². The number of benzene rings is 3. The highest BCUT2D eigenvalue weighted by Crippen LogP contribution is 2.27. The molecule has 224 valence electrons. The number of carbonyl (C=O) groups excluding carboxylic acids is 2. The van der Waals surface area contributed by atoms with Gasteiger partial charge in [0.25, 0.3) is 0 Å². The fraction of sp³-hybridized carbons (Fsp3) is 0.355. The molecule has 2 amide bonds. The van der Waals surface area contributed by atoms with Gasteiger partial charge < -0.3 is 15.0 Å². The maximum absolute atomic E-state index is 14.2. The number of hydrogen-bond acceptors (Lipinski definition) is 5. The third kappa shape index (κ3) is 8.40. The summed E-state index contributed by atoms with van der Waals surface area (Å²) in [6, 6.07) is 20.0. The third-order valence-electron chi connectivity index (χ3n) is 7.33. The van der Waals surface area contributed by atoms with Crippen LogP contribution in [0.3, 0.4) is 0 Å². The number of ether oxygens (including phenoxy) is 1. The quantitative estimate of drug-likeness (QED) is 0.286. The van der Waals surface area contributed by atoms with E-state index in [1.807, 2.05) is 30.3 Å². The van der Waals surface area contributed by atoms with Crippen LogP contribution >= 0.6 is 23.2 Å². The number of halogens is 2. The van der Waals surface area contributed by atoms with E-state index in [2.05, 4.69) is 5.32 Å². The summed E-state index contributed by atoms with van der Waals surface area (Å²) in [5, 5.41) is 3.81. The normalized spacial score (nSPS) is 14.3. The van der Waals surface area contributed by atoms with Gasteiger partial charge in [0.2, 0.25) is 21.8 Å². The largest absolute Gasteiger partial charge is 0.497 e. The average Bonchev–Trinajstić information content (AvgIpc) is 3.48. The molecule has 0 unspecified atom stereocenters. The molecule has 1 aliphatic carbocycles. The summed E-state index contributed by atoms with van der Waals surface area (Å²) in [5.74, 6) is -0.387. The van der Waals surface area contributed by atoms with Gasteiger partial charge in [-0.15, -0.1) is 0 Å². The van der Waals surface area contributed by atoms with Crippen LogP contribution in [-0.4, -0.2) is 57.1 Å². The minimum absolute atomic E-state index is 0.0149. The standard InChI is InChI=1S/C31H35Cl2N3O5S/c1-41-26-14-8-13-25(19-26)36(42(2,39)40)21-30(37)35(20-23-15-16-27(32)28(33)17-23)29(18-22-9-4-3-5-10-22)31(38)34-24-11-6-7-12-24/h3-5,8-10,13-17,19,24,29H,6-7,11-12,18,20-21H2,1-2H3,(H,34,38)/t29-/m1/s1. The van der Waals surface area contributed by atoms with Crippen molar-refractivity contribution in [3.8, 4) is 5.75 Å². The van der Waals surface area contributed by atoms with Crippen molar-refractivity contribution in [2.75, 3.05) is 24.2 Å². The molecule has 0 spiro atoms. The monoisotopic (exact) mass is 631 g/mol. The fourth-order valence-electron chi connectivity index (χ4n) is 5.14. The van der Waals surface area contributed by atoms with Crippen LogP contribution in [0.5, 0.6) is 5.75 Å². The molecule has 8 nitrogen and oxygen atoms in total. The molecule has 3 aromatic rings. The van der Waals surface area contributed by atoms with E-state index in [9.17, 15) is 18.0 Å². The molecule has 0 heterocycles. The highest BCUT2D eigenvalue weighted by molar-refractivity contribution is 7.92. The minimum Gasteiger partial charge on any atom is -0.497 e. The van der Waals surface area contributed by atoms with Gasteiger partial charge in [0.1, 0.15) is 18.3 Å². The zero-order valence-electron chi connectivity index (χ0n) is 23.6. The van der Waals surface area contributed by atoms with Crippen molar-refractivity contribution in [2.24, 2.45) is 0 Å². The maximum Gasteiger partial charge on any atom is 0.244 e. The molecular weight excluding hydrogens is 597 g/mol. The first-order chi connectivity index (χ1) is 20.0. The van der Waals surface area contributed by atoms with Gasteiger partial charge in [-0.25, -0.2) is 8.42 Å². The molecule has 4 rings (SSSR count). The van der Waals surface area contributed by atoms with E-state index >= 15 is 0 Å². The number of carbonyl (C=O) groups is 2. The van der Waals surface area contributed by atoms with Crippen LogP contribution < -0.4 is 14.4 Å². The number of nitrogens with one attached hydrogen (secondary N) is 1. The highest BCUT2D eigenvalue weighted by Gasteiger charge is 2.34. The molecule has 0 aromatic heterocycles. The first kappa shape index (κ1) is 31.7. The van der Waals surface area contributed by atoms with Gasteiger partial charge in [-0.1, -0.05) is 78.5 Å². The zero-order chi connectivity index (χ0) is 30.3. The lowest BCUT2D eigenvalue weighted by Gasteiger charge is -2.34. The number of amides is 2. The molecule has 1 fully saturated rings. The van der Waals surface area contributed by atoms with Crippen LogP contribution in [0, 0.1) is 0 Å². The van der Waals surface area contributed by atoms with Gasteiger partial charge in [0.15, 0.2) is 0 Å². The van der Waals surface area contributed by atoms with Crippen molar-refractivity contribution in [3.05, 3.63) is 94.0 Å². The third-order valence-corrected chi connectivity index (χ3v) is 9.21. The minimum atomic E-state index is -3.89. The van der Waals surface area contributed by atoms with Crippen molar-refractivity contribution in [2.45, 2.75) is 50.7 Å². The Balaban J connectivity index is 1.74. The molecule has 0 aliphatic heterocycles. The Morgan fingerprint density at radius 3 is 2.31 bits per heavy atom. The van der Waals surface area contributed by atoms with E-state index < -0.39 is 28.5 Å². The predicted octanol–water partition coefficient (Wildman–Crippen LogP) is 5.47. The second kappa shape index (κ2) is 14.3. The van der Waals surface area contributed by atoms with Crippen molar-refractivity contribution in [1.82, 2.24) is 10.2 Å². The Kier molecular flexibility index (Phi) is 10.8. The van der Waals surface area contributed by atoms with Gasteiger partial charge in [0.05, 0.1) is 29.1 Å². The van der Waals surface area contributed by atoms with Crippen molar-refractivity contribution in [3.63, 3.8) is 0 Å². The van der Waals surface area contributed by atoms with Crippen LogP contribution in [0.4, 0.5) is 5.69 Å². The Morgan fingerprint density at radius 1 is 0.952 bits per heavy atom. The molecule has 42 heavy (non-hydrogen) atoms. The van der Waals surface area contributed by atoms with Crippen molar-refractivity contribution >= 4 is 50.7 Å². The molecule has 0 saturated heterocycles. The number of methoxy groups -OCH3 is 1. The van der Waals surface area contributed by atoms with Gasteiger partial charge in [-0.2, -0.15) is 0 Å². The first-order valence-corrected chi connectivity index (χ1v) is 16.3. The fourth-order valence-corrected chi connectivity index (χ4v) is 6.30. The number of rotatable bonds is 12. The lowest BCUT2D eigenvalue weighted by atomic mass is 10.0. The topological polar surface area (TPSA) is 96.0 Å². The summed E-state index contributed by atoms with van der Waals surface area (Å²) in [5.41, 5.74) is 1.79. The molecule has 11 heteroatoms. The van der Waals surface area contributed by atoms with Crippen LogP contribution in [0.1, 0.15) is 36.8 Å². The van der Waals surface area contributed by atoms with Crippen LogP contribution in [0.25, 0.3) is 0 Å². The Labute approximate surface area is 257 Å². The van der Waals surface area contributed by atoms with E-state index in [0.717, 1.165) is 41.8 Å². The summed E-state index contributed by atoms with van der Waals surface area (Å²) in [6.45, 7) is -0.504. The number of hydrogen-bond donors (Lipinski definition) is 1. The number of sulfonamides is 1. The molecule has 1 N–H and O–H groups in total. The lowest BCUT2D eigenvalue weighted by Crippen LogP contribution is -2.54. The summed E-state index contributed by atoms with van der Waals surface area (Å²) < 4.78 is 32.2. The molecule has 0 bridgehead atoms. The average molecular weight is 633 g/mol. The Morgan fingerprint density at radius 2 is 1.67 bits per heavy atom. The van der Waals surface area contributed by atoms with Gasteiger partial charge >= 0.3 is 0 Å². The summed E-state index contributed by atoms with van der Waals surface area (Å²) in [6.07, 6.45) is 5.10. The lowest BCUT2D eigenvalue weighted by molar-refractivity contribution is -0.140. The first-order valence-electron chi connectivity index (χ1n) is 13.7. The van der Waals surface area contributed by atoms with E-state index in [-0.39, 0.29) is 30.6 Å². The van der Waals surface area contributed by atoms with Crippen LogP contribution in [0.2, 0.25) is 10.0 Å². The summed E-state index contributed by atoms with van der Waals surface area (Å²) in [4.78, 5) is 29.5. The van der Waals surface area contributed by atoms with Gasteiger partial charge in [-0.3, -0.25) is 13.9 Å². The van der Waals surface area contributed by atoms with Gasteiger partial charge in [-0.05, 0) is 48.2 Å². The smallest absolute Gasteiger partial charge is 0.244 e. The Hall–Kier alpha value is -3.27. The molecule has 1 aliphatic rings. The van der Waals surface area contributed by atoms with Crippen LogP contribution in [-0.2, 0) is 32.6 Å². The van der Waals surface area contributed by atoms with Gasteiger partial charge in [0, 0.05) is 25.1 Å². The SMILES string of the molecule is COc1cccc(N(CC(=O)N(Cc2ccc(Cl)c(Cl)c2)[C@H](Cc2ccccc2)C(=O)NC2CCCC2)S(C)(=O)=O)c1. The molecule has 3 aromatic carbocycles. The molecule has 1 saturated carbocycles. The summed E-state index contributed by atoms with van der Waals surface area (Å²) >= 11 is 12.4. The number of nitrogens with zero attached hydrogens (tertiary/aromatic N) is 2. The van der Waals surface area contributed by atoms with Crippen molar-refractivity contribution < 1.29 is 22.7 Å². The Bertz CT molecular complexity index is 1500. The van der Waals surface area contributed by atoms with E-state index in [4.69, 9.17) is 27.9 Å². The predicted molar refractivity (Wildman–Crippen MR) is 167 cm³/mol. The molecule has 0 radical (unpaired) electrons. The molecular formula is C31H35Cl2N3O5S. The second-order valence-corrected chi connectivity index (χ2v) is 13.2. The van der Waals surface area contributed by atoms with E-state index in [0.29, 0.717) is 21.4 Å². The maximum atomic E-state index is 14.2. The zero-order valence-corrected chi connectivity index (χ0v) is 26.0. The number of anilines is 1. The second-order valence-electron chi connectivity index (χ2n) is 10.4. The summed E-state index contributed by atoms with van der Waals surface area (Å²) in [7, 11) is -2.41. The molecule has 1 atom stereocenters. The van der Waals surface area contributed by atoms with E-state index in [1.165, 1.54) is 12.0 Å². The van der Waals surface area contributed by atoms with Crippen LogP contribution in [0.15, 0.2) is 72.8 Å². The van der Waals surface area contributed by atoms with E-state index in [1.54, 1.807) is 42.5 Å². The highest BCUT2D eigenvalue weighted by atomic mass is 35.5.